The fourth-order valence-corrected chi connectivity index (χ4v) is 5.07. The molecule has 0 N–H and O–H groups in total. The van der Waals surface area contributed by atoms with Crippen molar-refractivity contribution in [2.75, 3.05) is 40.5 Å². The van der Waals surface area contributed by atoms with Crippen LogP contribution in [0.1, 0.15) is 30.4 Å². The molecule has 0 amide bonds. The van der Waals surface area contributed by atoms with E-state index >= 15 is 0 Å². The molecule has 2 aromatic carbocycles. The van der Waals surface area contributed by atoms with E-state index in [0.717, 1.165) is 36.8 Å². The molecule has 30 heavy (non-hydrogen) atoms. The number of hydrogen-bond donors (Lipinski definition) is 0. The molecule has 0 unspecified atom stereocenters. The van der Waals surface area contributed by atoms with E-state index in [1.807, 2.05) is 0 Å². The van der Waals surface area contributed by atoms with Gasteiger partial charge in [0.25, 0.3) is 0 Å². The predicted octanol–water partition coefficient (Wildman–Crippen LogP) is 4.63. The quantitative estimate of drug-likeness (QED) is 0.468. The minimum atomic E-state index is 0.745. The molecular formula is C25H30N2O3. The molecule has 0 bridgehead atoms. The number of aryl methyl sites for hydroxylation is 1. The Labute approximate surface area is 178 Å². The van der Waals surface area contributed by atoms with E-state index < -0.39 is 0 Å². The molecule has 0 saturated carbocycles. The molecule has 5 heteroatoms. The van der Waals surface area contributed by atoms with E-state index in [1.54, 1.807) is 14.2 Å². The second-order valence-corrected chi connectivity index (χ2v) is 8.36. The predicted molar refractivity (Wildman–Crippen MR) is 120 cm³/mol. The van der Waals surface area contributed by atoms with E-state index in [4.69, 9.17) is 14.2 Å². The van der Waals surface area contributed by atoms with Gasteiger partial charge < -0.3 is 18.8 Å². The summed E-state index contributed by atoms with van der Waals surface area (Å²) in [6, 6.07) is 10.7. The van der Waals surface area contributed by atoms with Crippen LogP contribution in [-0.4, -0.2) is 49.9 Å². The van der Waals surface area contributed by atoms with Crippen molar-refractivity contribution in [2.24, 2.45) is 7.05 Å². The lowest BCUT2D eigenvalue weighted by Crippen LogP contribution is -2.33. The molecular weight excluding hydrogens is 376 g/mol. The number of hydrogen-bond acceptors (Lipinski definition) is 4. The van der Waals surface area contributed by atoms with E-state index in [0.29, 0.717) is 0 Å². The number of nitrogens with zero attached hydrogens (tertiary/aromatic N) is 2. The highest BCUT2D eigenvalue weighted by Gasteiger charge is 2.27. The number of aromatic nitrogens is 1. The van der Waals surface area contributed by atoms with Gasteiger partial charge in [0, 0.05) is 36.5 Å². The fourth-order valence-electron chi connectivity index (χ4n) is 5.07. The molecule has 1 aliphatic carbocycles. The molecule has 0 radical (unpaired) electrons. The van der Waals surface area contributed by atoms with Crippen molar-refractivity contribution in [1.29, 1.82) is 0 Å². The van der Waals surface area contributed by atoms with Crippen LogP contribution in [0.15, 0.2) is 30.3 Å². The van der Waals surface area contributed by atoms with Crippen LogP contribution in [0.3, 0.4) is 0 Å². The van der Waals surface area contributed by atoms with Gasteiger partial charge in [-0.2, -0.15) is 0 Å². The second-order valence-electron chi connectivity index (χ2n) is 8.36. The van der Waals surface area contributed by atoms with Gasteiger partial charge in [-0.3, -0.25) is 4.90 Å². The molecule has 3 aromatic rings. The maximum absolute atomic E-state index is 6.15. The van der Waals surface area contributed by atoms with Gasteiger partial charge in [0.1, 0.15) is 12.4 Å². The highest BCUT2D eigenvalue weighted by molar-refractivity contribution is 5.96. The van der Waals surface area contributed by atoms with Crippen molar-refractivity contribution < 1.29 is 14.2 Å². The van der Waals surface area contributed by atoms with Gasteiger partial charge in [0.2, 0.25) is 0 Å². The highest BCUT2D eigenvalue weighted by Crippen LogP contribution is 2.46. The third kappa shape index (κ3) is 3.21. The third-order valence-corrected chi connectivity index (χ3v) is 6.63. The van der Waals surface area contributed by atoms with Crippen LogP contribution in [0.5, 0.6) is 17.2 Å². The van der Waals surface area contributed by atoms with Crippen LogP contribution >= 0.6 is 0 Å². The minimum Gasteiger partial charge on any atom is -0.493 e. The molecule has 1 aliphatic heterocycles. The summed E-state index contributed by atoms with van der Waals surface area (Å²) in [5.41, 5.74) is 6.38. The number of fused-ring (bicyclic) bond motifs is 5. The van der Waals surface area contributed by atoms with Crippen molar-refractivity contribution in [1.82, 2.24) is 9.47 Å². The van der Waals surface area contributed by atoms with Crippen LogP contribution in [-0.2, 0) is 13.5 Å². The summed E-state index contributed by atoms with van der Waals surface area (Å²) in [7, 11) is 5.52. The smallest absolute Gasteiger partial charge is 0.161 e. The summed E-state index contributed by atoms with van der Waals surface area (Å²) in [4.78, 5) is 2.51. The van der Waals surface area contributed by atoms with Gasteiger partial charge in [0.05, 0.1) is 19.9 Å². The van der Waals surface area contributed by atoms with Gasteiger partial charge >= 0.3 is 0 Å². The van der Waals surface area contributed by atoms with Gasteiger partial charge in [-0.05, 0) is 67.4 Å². The lowest BCUT2D eigenvalue weighted by Gasteiger charge is -2.26. The van der Waals surface area contributed by atoms with E-state index in [9.17, 15) is 0 Å². The summed E-state index contributed by atoms with van der Waals surface area (Å²) < 4.78 is 19.5. The molecule has 0 atom stereocenters. The first kappa shape index (κ1) is 19.3. The van der Waals surface area contributed by atoms with Gasteiger partial charge in [-0.1, -0.05) is 6.42 Å². The van der Waals surface area contributed by atoms with Crippen LogP contribution in [0.25, 0.3) is 22.2 Å². The summed E-state index contributed by atoms with van der Waals surface area (Å²) >= 11 is 0. The fraction of sp³-hybridized carbons (Fsp3) is 0.440. The van der Waals surface area contributed by atoms with Crippen LogP contribution in [0.4, 0.5) is 0 Å². The average molecular weight is 407 g/mol. The molecule has 0 spiro atoms. The van der Waals surface area contributed by atoms with Crippen LogP contribution in [0.2, 0.25) is 0 Å². The molecule has 158 valence electrons. The van der Waals surface area contributed by atoms with E-state index in [-0.39, 0.29) is 0 Å². The number of ether oxygens (including phenoxy) is 3. The maximum Gasteiger partial charge on any atom is 0.161 e. The summed E-state index contributed by atoms with van der Waals surface area (Å²) in [6.07, 6.45) is 4.91. The summed E-state index contributed by atoms with van der Waals surface area (Å²) in [5, 5.41) is 1.28. The number of methoxy groups -OCH3 is 2. The molecule has 1 saturated heterocycles. The first-order valence-electron chi connectivity index (χ1n) is 10.9. The van der Waals surface area contributed by atoms with Crippen molar-refractivity contribution >= 4 is 10.9 Å². The zero-order chi connectivity index (χ0) is 20.7. The lowest BCUT2D eigenvalue weighted by molar-refractivity contribution is 0.183. The van der Waals surface area contributed by atoms with E-state index in [1.165, 1.54) is 65.6 Å². The summed E-state index contributed by atoms with van der Waals surface area (Å²) in [6.45, 7) is 4.17. The zero-order valence-electron chi connectivity index (χ0n) is 18.2. The Hall–Kier alpha value is -2.66. The molecule has 1 aromatic heterocycles. The maximum atomic E-state index is 6.15. The Morgan fingerprint density at radius 3 is 2.47 bits per heavy atom. The highest BCUT2D eigenvalue weighted by atomic mass is 16.5. The van der Waals surface area contributed by atoms with Crippen molar-refractivity contribution in [3.63, 3.8) is 0 Å². The monoisotopic (exact) mass is 406 g/mol. The SMILES string of the molecule is COc1cc2c(cc1OC)-c1c(c3cc(OCCN4CCCCC4)ccc3n1C)C2. The lowest BCUT2D eigenvalue weighted by atomic mass is 10.1. The Morgan fingerprint density at radius 1 is 0.933 bits per heavy atom. The Balaban J connectivity index is 1.43. The molecule has 2 aliphatic rings. The number of piperidine rings is 1. The second kappa shape index (κ2) is 7.88. The van der Waals surface area contributed by atoms with E-state index in [2.05, 4.69) is 46.8 Å². The van der Waals surface area contributed by atoms with Crippen molar-refractivity contribution in [3.05, 3.63) is 41.5 Å². The standard InChI is InChI=1S/C25H30N2O3/c1-26-22-8-7-18(30-12-11-27-9-5-4-6-10-27)15-20(22)21-13-17-14-23(28-2)24(29-3)16-19(17)25(21)26/h7-8,14-16H,4-6,9-13H2,1-3H3. The average Bonchev–Trinajstić information content (AvgIpc) is 3.28. The zero-order valence-corrected chi connectivity index (χ0v) is 18.2. The first-order valence-corrected chi connectivity index (χ1v) is 10.9. The topological polar surface area (TPSA) is 35.9 Å². The molecule has 1 fully saturated rings. The number of rotatable bonds is 6. The third-order valence-electron chi connectivity index (χ3n) is 6.63. The Kier molecular flexibility index (Phi) is 5.07. The van der Waals surface area contributed by atoms with Crippen molar-refractivity contribution in [2.45, 2.75) is 25.7 Å². The van der Waals surface area contributed by atoms with Gasteiger partial charge in [0.15, 0.2) is 11.5 Å². The minimum absolute atomic E-state index is 0.745. The van der Waals surface area contributed by atoms with Gasteiger partial charge in [-0.15, -0.1) is 0 Å². The Morgan fingerprint density at radius 2 is 1.70 bits per heavy atom. The largest absolute Gasteiger partial charge is 0.493 e. The van der Waals surface area contributed by atoms with Crippen molar-refractivity contribution in [3.8, 4) is 28.5 Å². The summed E-state index contributed by atoms with van der Waals surface area (Å²) in [5.74, 6) is 2.52. The number of benzene rings is 2. The normalized spacial score (nSPS) is 15.8. The van der Waals surface area contributed by atoms with Crippen LogP contribution < -0.4 is 14.2 Å². The van der Waals surface area contributed by atoms with Crippen LogP contribution in [0, 0.1) is 0 Å². The molecule has 2 heterocycles. The molecule has 5 rings (SSSR count). The molecule has 5 nitrogen and oxygen atoms in total. The van der Waals surface area contributed by atoms with Gasteiger partial charge in [-0.25, -0.2) is 0 Å². The first-order chi connectivity index (χ1) is 14.7. The number of likely N-dealkylation sites (tertiary alicyclic amines) is 1. The Bertz CT molecular complexity index is 1080.